The maximum atomic E-state index is 10.8. The molecule has 0 aliphatic rings. The third-order valence-electron chi connectivity index (χ3n) is 3.36. The van der Waals surface area contributed by atoms with Gasteiger partial charge in [-0.15, -0.1) is 0 Å². The molecule has 1 aromatic carbocycles. The predicted octanol–water partition coefficient (Wildman–Crippen LogP) is 1.31. The van der Waals surface area contributed by atoms with Gasteiger partial charge in [0.25, 0.3) is 0 Å². The highest BCUT2D eigenvalue weighted by molar-refractivity contribution is 5.71. The maximum absolute atomic E-state index is 10.8. The number of carboxylic acids is 1. The summed E-state index contributed by atoms with van der Waals surface area (Å²) in [4.78, 5) is 23.8. The molecule has 0 amide bonds. The highest BCUT2D eigenvalue weighted by atomic mass is 16.4. The lowest BCUT2D eigenvalue weighted by Gasteiger charge is -2.23. The minimum absolute atomic E-state index is 0.211. The number of nitrogens with zero attached hydrogens (tertiary/aromatic N) is 1. The van der Waals surface area contributed by atoms with Gasteiger partial charge in [0.05, 0.1) is 18.5 Å². The second-order valence-electron chi connectivity index (χ2n) is 4.78. The molecule has 0 saturated heterocycles. The van der Waals surface area contributed by atoms with Crippen LogP contribution in [0.3, 0.4) is 0 Å². The second-order valence-corrected chi connectivity index (χ2v) is 4.78. The molecule has 0 saturated carbocycles. The van der Waals surface area contributed by atoms with Crippen molar-refractivity contribution in [3.05, 3.63) is 24.3 Å². The Morgan fingerprint density at radius 1 is 1.33 bits per heavy atom. The van der Waals surface area contributed by atoms with E-state index < -0.39 is 18.1 Å². The molecule has 1 aromatic rings. The summed E-state index contributed by atoms with van der Waals surface area (Å²) >= 11 is 0. The summed E-state index contributed by atoms with van der Waals surface area (Å²) in [6.07, 6.45) is 0.350. The van der Waals surface area contributed by atoms with E-state index in [0.717, 1.165) is 24.5 Å². The van der Waals surface area contributed by atoms with Crippen molar-refractivity contribution in [3.8, 4) is 0 Å². The van der Waals surface area contributed by atoms with Crippen LogP contribution in [0.15, 0.2) is 24.3 Å². The number of benzene rings is 1. The normalized spacial score (nSPS) is 13.3. The quantitative estimate of drug-likeness (QED) is 0.594. The molecule has 0 bridgehead atoms. The number of rotatable bonds is 9. The maximum Gasteiger partial charge on any atom is 0.305 e. The number of carbonyl (C=O) groups excluding carboxylic acids is 1. The molecule has 0 fully saturated rings. The van der Waals surface area contributed by atoms with Crippen LogP contribution in [0.2, 0.25) is 0 Å². The van der Waals surface area contributed by atoms with Gasteiger partial charge in [0.2, 0.25) is 0 Å². The van der Waals surface area contributed by atoms with E-state index >= 15 is 0 Å². The second kappa shape index (κ2) is 8.26. The third kappa shape index (κ3) is 5.07. The van der Waals surface area contributed by atoms with Gasteiger partial charge >= 0.3 is 5.97 Å². The molecule has 2 atom stereocenters. The van der Waals surface area contributed by atoms with Gasteiger partial charge in [0.1, 0.15) is 6.29 Å². The van der Waals surface area contributed by atoms with E-state index in [0.29, 0.717) is 6.29 Å². The number of aliphatic carboxylic acids is 1. The SMILES string of the molecule is CCN(CC)c1ccc(NC(CC(=O)O)[C@H](N)C=O)cc1. The van der Waals surface area contributed by atoms with E-state index in [2.05, 4.69) is 24.1 Å². The van der Waals surface area contributed by atoms with Crippen LogP contribution in [0.25, 0.3) is 0 Å². The average molecular weight is 293 g/mol. The monoisotopic (exact) mass is 293 g/mol. The zero-order valence-electron chi connectivity index (χ0n) is 12.5. The Balaban J connectivity index is 2.80. The predicted molar refractivity (Wildman–Crippen MR) is 83.7 cm³/mol. The number of aldehydes is 1. The van der Waals surface area contributed by atoms with Crippen LogP contribution >= 0.6 is 0 Å². The van der Waals surface area contributed by atoms with E-state index in [1.807, 2.05) is 24.3 Å². The Labute approximate surface area is 124 Å². The van der Waals surface area contributed by atoms with Crippen LogP contribution in [0.5, 0.6) is 0 Å². The van der Waals surface area contributed by atoms with Crippen molar-refractivity contribution in [2.45, 2.75) is 32.4 Å². The lowest BCUT2D eigenvalue weighted by Crippen LogP contribution is -2.42. The highest BCUT2D eigenvalue weighted by Gasteiger charge is 2.20. The van der Waals surface area contributed by atoms with E-state index in [9.17, 15) is 9.59 Å². The summed E-state index contributed by atoms with van der Waals surface area (Å²) in [5.74, 6) is -0.996. The number of nitrogens with one attached hydrogen (secondary N) is 1. The van der Waals surface area contributed by atoms with E-state index in [-0.39, 0.29) is 6.42 Å². The van der Waals surface area contributed by atoms with Crippen LogP contribution in [-0.2, 0) is 9.59 Å². The average Bonchev–Trinajstić information content (AvgIpc) is 2.48. The van der Waals surface area contributed by atoms with Crippen molar-refractivity contribution in [3.63, 3.8) is 0 Å². The van der Waals surface area contributed by atoms with Crippen LogP contribution in [0.4, 0.5) is 11.4 Å². The van der Waals surface area contributed by atoms with Crippen molar-refractivity contribution in [2.24, 2.45) is 5.73 Å². The smallest absolute Gasteiger partial charge is 0.305 e. The van der Waals surface area contributed by atoms with Crippen molar-refractivity contribution < 1.29 is 14.7 Å². The standard InChI is InChI=1S/C15H23N3O3/c1-3-18(4-2)12-7-5-11(6-8-12)17-14(9-15(20)21)13(16)10-19/h5-8,10,13-14,17H,3-4,9,16H2,1-2H3,(H,20,21)/t13-,14?/m1/s1. The number of carbonyl (C=O) groups is 2. The minimum Gasteiger partial charge on any atom is -0.481 e. The number of hydrogen-bond donors (Lipinski definition) is 3. The Hall–Kier alpha value is -2.08. The lowest BCUT2D eigenvalue weighted by molar-refractivity contribution is -0.137. The summed E-state index contributed by atoms with van der Waals surface area (Å²) in [5.41, 5.74) is 7.47. The molecule has 0 aliphatic carbocycles. The Bertz CT molecular complexity index is 458. The van der Waals surface area contributed by atoms with Crippen LogP contribution in [0.1, 0.15) is 20.3 Å². The molecule has 0 aromatic heterocycles. The van der Waals surface area contributed by atoms with Crippen LogP contribution in [-0.4, -0.2) is 42.5 Å². The molecule has 0 heterocycles. The summed E-state index contributed by atoms with van der Waals surface area (Å²) < 4.78 is 0. The number of hydrogen-bond acceptors (Lipinski definition) is 5. The van der Waals surface area contributed by atoms with Gasteiger partial charge < -0.3 is 25.9 Å². The topological polar surface area (TPSA) is 95.7 Å². The number of carboxylic acid groups (broad SMARTS) is 1. The van der Waals surface area contributed by atoms with Crippen molar-refractivity contribution in [1.29, 1.82) is 0 Å². The zero-order valence-corrected chi connectivity index (χ0v) is 12.5. The van der Waals surface area contributed by atoms with Gasteiger partial charge in [-0.25, -0.2) is 0 Å². The third-order valence-corrected chi connectivity index (χ3v) is 3.36. The van der Waals surface area contributed by atoms with Crippen LogP contribution < -0.4 is 16.0 Å². The fourth-order valence-corrected chi connectivity index (χ4v) is 2.14. The highest BCUT2D eigenvalue weighted by Crippen LogP contribution is 2.19. The van der Waals surface area contributed by atoms with Crippen molar-refractivity contribution in [1.82, 2.24) is 0 Å². The van der Waals surface area contributed by atoms with Gasteiger partial charge in [-0.05, 0) is 38.1 Å². The molecule has 1 unspecified atom stereocenters. The first-order chi connectivity index (χ1) is 10.0. The van der Waals surface area contributed by atoms with Crippen molar-refractivity contribution >= 4 is 23.6 Å². The zero-order chi connectivity index (χ0) is 15.8. The first-order valence-corrected chi connectivity index (χ1v) is 7.06. The molecule has 6 heteroatoms. The summed E-state index contributed by atoms with van der Waals surface area (Å²) in [6.45, 7) is 6.01. The first-order valence-electron chi connectivity index (χ1n) is 7.06. The summed E-state index contributed by atoms with van der Waals surface area (Å²) in [6, 6.07) is 6.15. The molecule has 0 spiro atoms. The summed E-state index contributed by atoms with van der Waals surface area (Å²) in [5, 5.41) is 11.9. The Kier molecular flexibility index (Phi) is 6.68. The van der Waals surface area contributed by atoms with Gasteiger partial charge in [-0.1, -0.05) is 0 Å². The van der Waals surface area contributed by atoms with E-state index in [1.165, 1.54) is 0 Å². The van der Waals surface area contributed by atoms with E-state index in [4.69, 9.17) is 10.8 Å². The van der Waals surface area contributed by atoms with Crippen molar-refractivity contribution in [2.75, 3.05) is 23.3 Å². The molecule has 116 valence electrons. The fourth-order valence-electron chi connectivity index (χ4n) is 2.14. The molecular formula is C15H23N3O3. The number of nitrogens with two attached hydrogens (primary N) is 1. The molecule has 0 radical (unpaired) electrons. The van der Waals surface area contributed by atoms with Gasteiger partial charge in [-0.3, -0.25) is 4.79 Å². The molecular weight excluding hydrogens is 270 g/mol. The molecule has 1 rings (SSSR count). The Morgan fingerprint density at radius 3 is 2.33 bits per heavy atom. The molecule has 0 aliphatic heterocycles. The molecule has 4 N–H and O–H groups in total. The molecule has 6 nitrogen and oxygen atoms in total. The fraction of sp³-hybridized carbons (Fsp3) is 0.467. The summed E-state index contributed by atoms with van der Waals surface area (Å²) in [7, 11) is 0. The Morgan fingerprint density at radius 2 is 1.90 bits per heavy atom. The van der Waals surface area contributed by atoms with Crippen LogP contribution in [0, 0.1) is 0 Å². The van der Waals surface area contributed by atoms with Gasteiger partial charge in [-0.2, -0.15) is 0 Å². The largest absolute Gasteiger partial charge is 0.481 e. The first kappa shape index (κ1) is 17.0. The lowest BCUT2D eigenvalue weighted by atomic mass is 10.1. The number of anilines is 2. The van der Waals surface area contributed by atoms with Gasteiger partial charge in [0, 0.05) is 24.5 Å². The van der Waals surface area contributed by atoms with E-state index in [1.54, 1.807) is 0 Å². The minimum atomic E-state index is -0.996. The van der Waals surface area contributed by atoms with Gasteiger partial charge in [0.15, 0.2) is 0 Å². The molecule has 21 heavy (non-hydrogen) atoms.